The lowest BCUT2D eigenvalue weighted by Crippen LogP contribution is -2.21. The van der Waals surface area contributed by atoms with Gasteiger partial charge in [-0.2, -0.15) is 0 Å². The maximum atomic E-state index is 5.10. The molecule has 0 amide bonds. The van der Waals surface area contributed by atoms with Gasteiger partial charge in [-0.1, -0.05) is 11.4 Å². The summed E-state index contributed by atoms with van der Waals surface area (Å²) in [6, 6.07) is 2.11. The van der Waals surface area contributed by atoms with E-state index in [9.17, 15) is 0 Å². The summed E-state index contributed by atoms with van der Waals surface area (Å²) in [5.41, 5.74) is 2.10. The van der Waals surface area contributed by atoms with Crippen molar-refractivity contribution in [3.05, 3.63) is 34.7 Å². The smallest absolute Gasteiger partial charge is 0.0954 e. The summed E-state index contributed by atoms with van der Waals surface area (Å²) in [7, 11) is 0. The highest BCUT2D eigenvalue weighted by atomic mass is 32.1. The molecule has 0 aliphatic carbocycles. The molecular weight excluding hydrogens is 210 g/mol. The maximum Gasteiger partial charge on any atom is 0.0954 e. The van der Waals surface area contributed by atoms with Crippen LogP contribution in [0.1, 0.15) is 29.1 Å². The Morgan fingerprint density at radius 1 is 1.60 bits per heavy atom. The molecule has 2 aromatic rings. The normalized spacial score (nSPS) is 12.9. The van der Waals surface area contributed by atoms with E-state index in [-0.39, 0.29) is 6.04 Å². The van der Waals surface area contributed by atoms with E-state index in [1.807, 2.05) is 13.0 Å². The van der Waals surface area contributed by atoms with Crippen molar-refractivity contribution in [1.29, 1.82) is 0 Å². The van der Waals surface area contributed by atoms with Gasteiger partial charge in [-0.25, -0.2) is 0 Å². The zero-order valence-electron chi connectivity index (χ0n) is 8.73. The van der Waals surface area contributed by atoms with E-state index in [0.717, 1.165) is 22.7 Å². The summed E-state index contributed by atoms with van der Waals surface area (Å²) in [5, 5.41) is 7.43. The van der Waals surface area contributed by atoms with Crippen LogP contribution in [0.4, 0.5) is 0 Å². The molecule has 1 N–H and O–H groups in total. The zero-order chi connectivity index (χ0) is 10.7. The molecule has 15 heavy (non-hydrogen) atoms. The largest absolute Gasteiger partial charge is 0.472 e. The van der Waals surface area contributed by atoms with Crippen LogP contribution in [0.3, 0.4) is 0 Å². The molecule has 0 aliphatic rings. The molecule has 0 aliphatic heterocycles. The minimum Gasteiger partial charge on any atom is -0.472 e. The SMILES string of the molecule is CCNC(c1ccoc1)c1snnc1C. The van der Waals surface area contributed by atoms with Crippen molar-refractivity contribution in [3.63, 3.8) is 0 Å². The highest BCUT2D eigenvalue weighted by Crippen LogP contribution is 2.26. The molecule has 0 saturated carbocycles. The lowest BCUT2D eigenvalue weighted by atomic mass is 10.1. The average molecular weight is 223 g/mol. The van der Waals surface area contributed by atoms with Gasteiger partial charge >= 0.3 is 0 Å². The number of rotatable bonds is 4. The summed E-state index contributed by atoms with van der Waals surface area (Å²) >= 11 is 1.43. The van der Waals surface area contributed by atoms with E-state index in [0.29, 0.717) is 0 Å². The van der Waals surface area contributed by atoms with E-state index in [1.54, 1.807) is 12.5 Å². The first-order chi connectivity index (χ1) is 7.33. The third-order valence-corrected chi connectivity index (χ3v) is 3.12. The van der Waals surface area contributed by atoms with Crippen molar-refractivity contribution < 1.29 is 4.42 Å². The van der Waals surface area contributed by atoms with E-state index in [1.165, 1.54) is 11.5 Å². The number of aryl methyl sites for hydroxylation is 1. The monoisotopic (exact) mass is 223 g/mol. The van der Waals surface area contributed by atoms with Crippen molar-refractivity contribution in [2.45, 2.75) is 19.9 Å². The maximum absolute atomic E-state index is 5.10. The lowest BCUT2D eigenvalue weighted by Gasteiger charge is -2.14. The van der Waals surface area contributed by atoms with Crippen LogP contribution in [-0.2, 0) is 0 Å². The van der Waals surface area contributed by atoms with E-state index in [2.05, 4.69) is 21.8 Å². The Bertz CT molecular complexity index is 410. The van der Waals surface area contributed by atoms with Crippen molar-refractivity contribution in [1.82, 2.24) is 14.9 Å². The second kappa shape index (κ2) is 4.55. The number of hydrogen-bond donors (Lipinski definition) is 1. The van der Waals surface area contributed by atoms with Crippen LogP contribution in [0.2, 0.25) is 0 Å². The van der Waals surface area contributed by atoms with Crippen LogP contribution in [-0.4, -0.2) is 16.1 Å². The van der Waals surface area contributed by atoms with Gasteiger partial charge in [0.2, 0.25) is 0 Å². The number of nitrogens with zero attached hydrogens (tertiary/aromatic N) is 2. The predicted octanol–water partition coefficient (Wildman–Crippen LogP) is 2.14. The predicted molar refractivity (Wildman–Crippen MR) is 58.9 cm³/mol. The summed E-state index contributed by atoms with van der Waals surface area (Å²) in [6.07, 6.45) is 3.44. The Morgan fingerprint density at radius 2 is 2.47 bits per heavy atom. The third-order valence-electron chi connectivity index (χ3n) is 2.23. The minimum atomic E-state index is 0.147. The van der Waals surface area contributed by atoms with Gasteiger partial charge in [0.15, 0.2) is 0 Å². The minimum absolute atomic E-state index is 0.147. The van der Waals surface area contributed by atoms with Gasteiger partial charge in [-0.05, 0) is 31.1 Å². The Morgan fingerprint density at radius 3 is 3.00 bits per heavy atom. The molecule has 5 heteroatoms. The molecule has 2 aromatic heterocycles. The molecule has 0 radical (unpaired) electrons. The molecule has 0 spiro atoms. The fourth-order valence-corrected chi connectivity index (χ4v) is 2.26. The number of furan rings is 1. The number of nitrogens with one attached hydrogen (secondary N) is 1. The highest BCUT2D eigenvalue weighted by Gasteiger charge is 2.18. The first kappa shape index (κ1) is 10.3. The molecular formula is C10H13N3OS. The van der Waals surface area contributed by atoms with Gasteiger partial charge in [0.1, 0.15) is 0 Å². The second-order valence-corrected chi connectivity index (χ2v) is 4.06. The molecule has 1 atom stereocenters. The quantitative estimate of drug-likeness (QED) is 0.862. The Balaban J connectivity index is 2.32. The van der Waals surface area contributed by atoms with Crippen LogP contribution in [0.25, 0.3) is 0 Å². The van der Waals surface area contributed by atoms with Crippen LogP contribution in [0, 0.1) is 6.92 Å². The van der Waals surface area contributed by atoms with Gasteiger partial charge in [0, 0.05) is 5.56 Å². The number of aromatic nitrogens is 2. The van der Waals surface area contributed by atoms with Crippen molar-refractivity contribution in [2.24, 2.45) is 0 Å². The topological polar surface area (TPSA) is 51.0 Å². The molecule has 0 saturated heterocycles. The van der Waals surface area contributed by atoms with Gasteiger partial charge in [0.05, 0.1) is 29.1 Å². The van der Waals surface area contributed by atoms with Crippen LogP contribution >= 0.6 is 11.5 Å². The van der Waals surface area contributed by atoms with Gasteiger partial charge in [0.25, 0.3) is 0 Å². The fraction of sp³-hybridized carbons (Fsp3) is 0.400. The van der Waals surface area contributed by atoms with Gasteiger partial charge in [-0.3, -0.25) is 0 Å². The van der Waals surface area contributed by atoms with E-state index < -0.39 is 0 Å². The van der Waals surface area contributed by atoms with Crippen LogP contribution in [0.5, 0.6) is 0 Å². The summed E-state index contributed by atoms with van der Waals surface area (Å²) < 4.78 is 9.06. The highest BCUT2D eigenvalue weighted by molar-refractivity contribution is 7.05. The molecule has 0 bridgehead atoms. The second-order valence-electron chi connectivity index (χ2n) is 3.27. The summed E-state index contributed by atoms with van der Waals surface area (Å²) in [5.74, 6) is 0. The molecule has 2 heterocycles. The molecule has 1 unspecified atom stereocenters. The van der Waals surface area contributed by atoms with Gasteiger partial charge in [-0.15, -0.1) is 5.10 Å². The van der Waals surface area contributed by atoms with E-state index in [4.69, 9.17) is 4.42 Å². The first-order valence-corrected chi connectivity index (χ1v) is 5.64. The lowest BCUT2D eigenvalue weighted by molar-refractivity contribution is 0.554. The van der Waals surface area contributed by atoms with Crippen molar-refractivity contribution in [3.8, 4) is 0 Å². The fourth-order valence-electron chi connectivity index (χ4n) is 1.51. The van der Waals surface area contributed by atoms with Crippen LogP contribution in [0.15, 0.2) is 23.0 Å². The third kappa shape index (κ3) is 2.08. The Kier molecular flexibility index (Phi) is 3.13. The standard InChI is InChI=1S/C10H13N3OS/c1-3-11-9(8-4-5-14-6-8)10-7(2)12-13-15-10/h4-6,9,11H,3H2,1-2H3. The number of hydrogen-bond acceptors (Lipinski definition) is 5. The first-order valence-electron chi connectivity index (χ1n) is 4.87. The Labute approximate surface area is 92.5 Å². The molecule has 0 aromatic carbocycles. The van der Waals surface area contributed by atoms with E-state index >= 15 is 0 Å². The van der Waals surface area contributed by atoms with Gasteiger partial charge < -0.3 is 9.73 Å². The van der Waals surface area contributed by atoms with Crippen molar-refractivity contribution in [2.75, 3.05) is 6.54 Å². The molecule has 2 rings (SSSR count). The zero-order valence-corrected chi connectivity index (χ0v) is 9.54. The molecule has 0 fully saturated rings. The summed E-state index contributed by atoms with van der Waals surface area (Å²) in [6.45, 7) is 4.95. The average Bonchev–Trinajstić information content (AvgIpc) is 2.85. The van der Waals surface area contributed by atoms with Crippen molar-refractivity contribution >= 4 is 11.5 Å². The van der Waals surface area contributed by atoms with Crippen LogP contribution < -0.4 is 5.32 Å². The summed E-state index contributed by atoms with van der Waals surface area (Å²) in [4.78, 5) is 1.15. The molecule has 80 valence electrons. The Hall–Kier alpha value is -1.20. The molecule has 4 nitrogen and oxygen atoms in total.